The van der Waals surface area contributed by atoms with Crippen LogP contribution >= 0.6 is 0 Å². The van der Waals surface area contributed by atoms with Crippen LogP contribution in [0, 0.1) is 0 Å². The largest absolute Gasteiger partial charge is 0.465 e. The maximum absolute atomic E-state index is 11.4. The van der Waals surface area contributed by atoms with E-state index in [1.54, 1.807) is 6.08 Å². The van der Waals surface area contributed by atoms with Gasteiger partial charge >= 0.3 is 5.97 Å². The van der Waals surface area contributed by atoms with Crippen LogP contribution in [0.4, 0.5) is 0 Å². The van der Waals surface area contributed by atoms with Crippen molar-refractivity contribution < 1.29 is 18.8 Å². The van der Waals surface area contributed by atoms with E-state index in [2.05, 4.69) is 38.6 Å². The molecule has 0 aromatic heterocycles. The highest BCUT2D eigenvalue weighted by atomic mass is 28.4. The summed E-state index contributed by atoms with van der Waals surface area (Å²) in [5.74, 6) is -0.790. The van der Waals surface area contributed by atoms with Crippen molar-refractivity contribution in [3.05, 3.63) is 11.6 Å². The van der Waals surface area contributed by atoms with Crippen molar-refractivity contribution in [3.63, 3.8) is 0 Å². The van der Waals surface area contributed by atoms with E-state index >= 15 is 0 Å². The van der Waals surface area contributed by atoms with Crippen LogP contribution in [0.3, 0.4) is 0 Å². The molecule has 0 atom stereocenters. The summed E-state index contributed by atoms with van der Waals surface area (Å²) in [6.07, 6.45) is 5.37. The van der Waals surface area contributed by atoms with E-state index in [1.807, 2.05) is 0 Å². The van der Waals surface area contributed by atoms with Crippen molar-refractivity contribution in [1.82, 2.24) is 0 Å². The van der Waals surface area contributed by atoms with Gasteiger partial charge in [0.2, 0.25) is 0 Å². The van der Waals surface area contributed by atoms with Crippen LogP contribution in [0.1, 0.15) is 53.4 Å². The minimum Gasteiger partial charge on any atom is -0.465 e. The Hall–Kier alpha value is -0.943. The summed E-state index contributed by atoms with van der Waals surface area (Å²) in [6.45, 7) is 13.4. The molecule has 5 heteroatoms. The van der Waals surface area contributed by atoms with Crippen molar-refractivity contribution in [2.45, 2.75) is 71.5 Å². The molecule has 0 radical (unpaired) electrons. The standard InChI is InChI=1S/C17H32O4Si/c1-14(18)15(16(19)20-5)12-10-8-9-11-13-21-22(6,7)17(2,3)4/h12H,8-11,13H2,1-7H3/b15-12+. The molecule has 0 aromatic carbocycles. The number of rotatable bonds is 9. The number of esters is 1. The summed E-state index contributed by atoms with van der Waals surface area (Å²) in [5.41, 5.74) is 0.153. The van der Waals surface area contributed by atoms with Crippen molar-refractivity contribution in [2.24, 2.45) is 0 Å². The molecule has 0 N–H and O–H groups in total. The number of carbonyl (C=O) groups excluding carboxylic acids is 2. The SMILES string of the molecule is COC(=O)/C(=C/CCCCCO[Si](C)(C)C(C)(C)C)C(C)=O. The van der Waals surface area contributed by atoms with Gasteiger partial charge in [-0.2, -0.15) is 0 Å². The highest BCUT2D eigenvalue weighted by Gasteiger charge is 2.36. The molecule has 0 aliphatic rings. The maximum Gasteiger partial charge on any atom is 0.341 e. The molecule has 0 amide bonds. The molecular weight excluding hydrogens is 296 g/mol. The van der Waals surface area contributed by atoms with Crippen LogP contribution in [-0.2, 0) is 18.8 Å². The summed E-state index contributed by atoms with van der Waals surface area (Å²) >= 11 is 0. The molecule has 0 aliphatic heterocycles. The number of hydrogen-bond donors (Lipinski definition) is 0. The van der Waals surface area contributed by atoms with E-state index in [1.165, 1.54) is 14.0 Å². The monoisotopic (exact) mass is 328 g/mol. The van der Waals surface area contributed by atoms with E-state index in [9.17, 15) is 9.59 Å². The second-order valence-electron chi connectivity index (χ2n) is 7.12. The number of methoxy groups -OCH3 is 1. The Morgan fingerprint density at radius 3 is 2.14 bits per heavy atom. The van der Waals surface area contributed by atoms with Crippen LogP contribution in [0.5, 0.6) is 0 Å². The topological polar surface area (TPSA) is 52.6 Å². The Bertz CT molecular complexity index is 405. The predicted molar refractivity (Wildman–Crippen MR) is 92.4 cm³/mol. The Balaban J connectivity index is 4.05. The van der Waals surface area contributed by atoms with E-state index in [0.717, 1.165) is 25.9 Å². The number of ketones is 1. The lowest BCUT2D eigenvalue weighted by molar-refractivity contribution is -0.137. The second kappa shape index (κ2) is 9.25. The molecule has 0 heterocycles. The predicted octanol–water partition coefficient (Wildman–Crippen LogP) is 4.26. The summed E-state index contributed by atoms with van der Waals surface area (Å²) in [6, 6.07) is 0. The lowest BCUT2D eigenvalue weighted by Crippen LogP contribution is -2.40. The zero-order chi connectivity index (χ0) is 17.4. The molecule has 0 aliphatic carbocycles. The highest BCUT2D eigenvalue weighted by Crippen LogP contribution is 2.36. The lowest BCUT2D eigenvalue weighted by atomic mass is 10.1. The van der Waals surface area contributed by atoms with Crippen molar-refractivity contribution in [1.29, 1.82) is 0 Å². The number of allylic oxidation sites excluding steroid dienone is 1. The average molecular weight is 329 g/mol. The van der Waals surface area contributed by atoms with Crippen LogP contribution in [0.2, 0.25) is 18.1 Å². The van der Waals surface area contributed by atoms with Crippen molar-refractivity contribution >= 4 is 20.1 Å². The van der Waals surface area contributed by atoms with Gasteiger partial charge in [-0.1, -0.05) is 33.3 Å². The van der Waals surface area contributed by atoms with Gasteiger partial charge in [0.1, 0.15) is 0 Å². The Labute approximate surface area is 136 Å². The van der Waals surface area contributed by atoms with E-state index in [0.29, 0.717) is 6.42 Å². The molecule has 0 unspecified atom stereocenters. The molecule has 22 heavy (non-hydrogen) atoms. The van der Waals surface area contributed by atoms with Crippen molar-refractivity contribution in [3.8, 4) is 0 Å². The minimum atomic E-state index is -1.64. The first-order chi connectivity index (χ1) is 10.0. The van der Waals surface area contributed by atoms with Gasteiger partial charge in [-0.3, -0.25) is 4.79 Å². The molecule has 0 spiro atoms. The fraction of sp³-hybridized carbons (Fsp3) is 0.765. The summed E-state index contributed by atoms with van der Waals surface area (Å²) in [5, 5.41) is 0.243. The maximum atomic E-state index is 11.4. The normalized spacial score (nSPS) is 13.1. The Kier molecular flexibility index (Phi) is 8.86. The fourth-order valence-electron chi connectivity index (χ4n) is 1.69. The van der Waals surface area contributed by atoms with Gasteiger partial charge in [0.25, 0.3) is 0 Å². The third-order valence-corrected chi connectivity index (χ3v) is 8.79. The lowest BCUT2D eigenvalue weighted by Gasteiger charge is -2.36. The first-order valence-electron chi connectivity index (χ1n) is 7.96. The zero-order valence-electron chi connectivity index (χ0n) is 15.2. The van der Waals surface area contributed by atoms with Gasteiger partial charge in [-0.15, -0.1) is 0 Å². The van der Waals surface area contributed by atoms with Gasteiger partial charge in [-0.05, 0) is 44.3 Å². The van der Waals surface area contributed by atoms with E-state index < -0.39 is 14.3 Å². The molecular formula is C17H32O4Si. The van der Waals surface area contributed by atoms with Gasteiger partial charge < -0.3 is 9.16 Å². The number of carbonyl (C=O) groups is 2. The van der Waals surface area contributed by atoms with Gasteiger partial charge in [0, 0.05) is 6.61 Å². The van der Waals surface area contributed by atoms with Gasteiger partial charge in [0.15, 0.2) is 14.1 Å². The number of ether oxygens (including phenoxy) is 1. The van der Waals surface area contributed by atoms with Crippen LogP contribution in [-0.4, -0.2) is 33.8 Å². The zero-order valence-corrected chi connectivity index (χ0v) is 16.2. The van der Waals surface area contributed by atoms with Crippen LogP contribution < -0.4 is 0 Å². The van der Waals surface area contributed by atoms with Crippen molar-refractivity contribution in [2.75, 3.05) is 13.7 Å². The average Bonchev–Trinajstić information content (AvgIpc) is 2.39. The molecule has 0 rings (SSSR count). The highest BCUT2D eigenvalue weighted by molar-refractivity contribution is 6.74. The molecule has 0 bridgehead atoms. The summed E-state index contributed by atoms with van der Waals surface area (Å²) in [7, 11) is -0.355. The summed E-state index contributed by atoms with van der Waals surface area (Å²) < 4.78 is 10.7. The van der Waals surface area contributed by atoms with Gasteiger partial charge in [0.05, 0.1) is 12.7 Å². The van der Waals surface area contributed by atoms with Gasteiger partial charge in [-0.25, -0.2) is 4.79 Å². The Morgan fingerprint density at radius 1 is 1.09 bits per heavy atom. The number of Topliss-reactive ketones (excluding diaryl/α,β-unsaturated/α-hetero) is 1. The van der Waals surface area contributed by atoms with E-state index in [4.69, 9.17) is 4.43 Å². The Morgan fingerprint density at radius 2 is 1.68 bits per heavy atom. The fourth-order valence-corrected chi connectivity index (χ4v) is 2.78. The number of unbranched alkanes of at least 4 members (excludes halogenated alkanes) is 3. The third-order valence-electron chi connectivity index (χ3n) is 4.25. The first kappa shape index (κ1) is 21.1. The third kappa shape index (κ3) is 7.36. The second-order valence-corrected chi connectivity index (χ2v) is 11.9. The molecule has 0 fully saturated rings. The minimum absolute atomic E-state index is 0.153. The summed E-state index contributed by atoms with van der Waals surface area (Å²) in [4.78, 5) is 22.7. The smallest absolute Gasteiger partial charge is 0.341 e. The molecule has 0 aromatic rings. The van der Waals surface area contributed by atoms with E-state index in [-0.39, 0.29) is 16.4 Å². The first-order valence-corrected chi connectivity index (χ1v) is 10.9. The molecule has 4 nitrogen and oxygen atoms in total. The quantitative estimate of drug-likeness (QED) is 0.158. The van der Waals surface area contributed by atoms with Crippen LogP contribution in [0.15, 0.2) is 11.6 Å². The number of hydrogen-bond acceptors (Lipinski definition) is 4. The van der Waals surface area contributed by atoms with Crippen LogP contribution in [0.25, 0.3) is 0 Å². The molecule has 128 valence electrons. The molecule has 0 saturated carbocycles. The molecule has 0 saturated heterocycles.